The molecule has 0 aromatic carbocycles. The lowest BCUT2D eigenvalue weighted by Crippen LogP contribution is -2.00. The highest BCUT2D eigenvalue weighted by Crippen LogP contribution is 2.18. The van der Waals surface area contributed by atoms with Gasteiger partial charge >= 0.3 is 5.69 Å². The van der Waals surface area contributed by atoms with Gasteiger partial charge < -0.3 is 11.5 Å². The predicted octanol–water partition coefficient (Wildman–Crippen LogP) is 0.154. The Hall–Kier alpha value is -1.85. The first-order valence-corrected chi connectivity index (χ1v) is 2.77. The normalized spacial score (nSPS) is 9.45. The number of nitrogens with zero attached hydrogens (tertiary/aromatic N) is 2. The van der Waals surface area contributed by atoms with Gasteiger partial charge in [-0.05, 0) is 6.07 Å². The van der Waals surface area contributed by atoms with Crippen LogP contribution < -0.4 is 11.5 Å². The summed E-state index contributed by atoms with van der Waals surface area (Å²) in [5, 5.41) is 10.2. The molecule has 1 aromatic heterocycles. The number of nitro groups is 1. The highest BCUT2D eigenvalue weighted by Gasteiger charge is 2.10. The Bertz CT molecular complexity index is 299. The van der Waals surface area contributed by atoms with E-state index in [0.29, 0.717) is 0 Å². The smallest absolute Gasteiger partial charge is 0.311 e. The first-order chi connectivity index (χ1) is 5.11. The second-order valence-electron chi connectivity index (χ2n) is 1.90. The van der Waals surface area contributed by atoms with Gasteiger partial charge in [0.1, 0.15) is 5.82 Å². The molecular weight excluding hydrogens is 148 g/mol. The Morgan fingerprint density at radius 1 is 1.45 bits per heavy atom. The van der Waals surface area contributed by atoms with E-state index in [0.717, 1.165) is 0 Å². The molecule has 0 aliphatic rings. The lowest BCUT2D eigenvalue weighted by Gasteiger charge is -1.95. The standard InChI is InChI=1S/C5H6N4O2/c6-4-2-1-3(9(10)11)5(7)8-4/h1-2H,(H4,6,7,8). The highest BCUT2D eigenvalue weighted by atomic mass is 16.6. The molecule has 6 nitrogen and oxygen atoms in total. The molecular formula is C5H6N4O2. The second kappa shape index (κ2) is 2.41. The van der Waals surface area contributed by atoms with Crippen molar-refractivity contribution in [2.45, 2.75) is 0 Å². The van der Waals surface area contributed by atoms with Gasteiger partial charge in [-0.15, -0.1) is 0 Å². The molecule has 0 saturated carbocycles. The molecule has 4 N–H and O–H groups in total. The van der Waals surface area contributed by atoms with Crippen molar-refractivity contribution in [2.24, 2.45) is 0 Å². The van der Waals surface area contributed by atoms with Crippen LogP contribution >= 0.6 is 0 Å². The van der Waals surface area contributed by atoms with Gasteiger partial charge in [0.25, 0.3) is 0 Å². The minimum atomic E-state index is -0.609. The first kappa shape index (κ1) is 7.26. The Morgan fingerprint density at radius 3 is 2.55 bits per heavy atom. The maximum Gasteiger partial charge on any atom is 0.311 e. The van der Waals surface area contributed by atoms with Crippen molar-refractivity contribution in [2.75, 3.05) is 11.5 Å². The zero-order chi connectivity index (χ0) is 8.43. The van der Waals surface area contributed by atoms with Gasteiger partial charge in [0.2, 0.25) is 5.82 Å². The van der Waals surface area contributed by atoms with Crippen LogP contribution in [0.1, 0.15) is 0 Å². The molecule has 0 spiro atoms. The Kier molecular flexibility index (Phi) is 1.59. The summed E-state index contributed by atoms with van der Waals surface area (Å²) in [6, 6.07) is 2.55. The molecule has 0 unspecified atom stereocenters. The number of hydrogen-bond donors (Lipinski definition) is 2. The number of anilines is 2. The number of nitrogens with two attached hydrogens (primary N) is 2. The van der Waals surface area contributed by atoms with Gasteiger partial charge in [0.05, 0.1) is 4.92 Å². The van der Waals surface area contributed by atoms with Gasteiger partial charge in [-0.3, -0.25) is 10.1 Å². The molecule has 6 heteroatoms. The van der Waals surface area contributed by atoms with Crippen LogP contribution in [0.25, 0.3) is 0 Å². The summed E-state index contributed by atoms with van der Waals surface area (Å²) in [7, 11) is 0. The summed E-state index contributed by atoms with van der Waals surface area (Å²) in [4.78, 5) is 13.1. The summed E-state index contributed by atoms with van der Waals surface area (Å²) in [5.41, 5.74) is 10.2. The zero-order valence-electron chi connectivity index (χ0n) is 5.52. The molecule has 58 valence electrons. The molecule has 0 fully saturated rings. The lowest BCUT2D eigenvalue weighted by atomic mass is 10.4. The third-order valence-corrected chi connectivity index (χ3v) is 1.12. The van der Waals surface area contributed by atoms with Crippen LogP contribution in [0.4, 0.5) is 17.3 Å². The van der Waals surface area contributed by atoms with E-state index < -0.39 is 4.92 Å². The Balaban J connectivity index is 3.20. The van der Waals surface area contributed by atoms with Crippen molar-refractivity contribution < 1.29 is 4.92 Å². The maximum atomic E-state index is 10.2. The molecule has 0 atom stereocenters. The fourth-order valence-corrected chi connectivity index (χ4v) is 0.638. The number of pyridine rings is 1. The molecule has 1 rings (SSSR count). The number of aromatic nitrogens is 1. The summed E-state index contributed by atoms with van der Waals surface area (Å²) in [6.45, 7) is 0. The summed E-state index contributed by atoms with van der Waals surface area (Å²) >= 11 is 0. The average Bonchev–Trinajstić information content (AvgIpc) is 1.85. The van der Waals surface area contributed by atoms with Crippen LogP contribution in [0, 0.1) is 10.1 Å². The molecule has 1 aromatic rings. The van der Waals surface area contributed by atoms with E-state index >= 15 is 0 Å². The van der Waals surface area contributed by atoms with Crippen LogP contribution in [0.2, 0.25) is 0 Å². The third kappa shape index (κ3) is 1.34. The third-order valence-electron chi connectivity index (χ3n) is 1.12. The van der Waals surface area contributed by atoms with E-state index in [2.05, 4.69) is 4.98 Å². The van der Waals surface area contributed by atoms with Crippen molar-refractivity contribution in [1.29, 1.82) is 0 Å². The van der Waals surface area contributed by atoms with Crippen LogP contribution in [0.5, 0.6) is 0 Å². The minimum Gasteiger partial charge on any atom is -0.384 e. The molecule has 0 amide bonds. The van der Waals surface area contributed by atoms with E-state index in [1.165, 1.54) is 12.1 Å². The van der Waals surface area contributed by atoms with E-state index in [1.807, 2.05) is 0 Å². The van der Waals surface area contributed by atoms with Crippen molar-refractivity contribution in [1.82, 2.24) is 4.98 Å². The summed E-state index contributed by atoms with van der Waals surface area (Å²) in [6.07, 6.45) is 0. The van der Waals surface area contributed by atoms with Crippen LogP contribution in [0.15, 0.2) is 12.1 Å². The van der Waals surface area contributed by atoms with E-state index in [-0.39, 0.29) is 17.3 Å². The predicted molar refractivity (Wildman–Crippen MR) is 39.7 cm³/mol. The number of nitrogen functional groups attached to an aromatic ring is 2. The molecule has 0 saturated heterocycles. The number of rotatable bonds is 1. The van der Waals surface area contributed by atoms with Crippen LogP contribution in [-0.2, 0) is 0 Å². The van der Waals surface area contributed by atoms with Crippen molar-refractivity contribution >= 4 is 17.3 Å². The topological polar surface area (TPSA) is 108 Å². The molecule has 0 aliphatic carbocycles. The summed E-state index contributed by atoms with van der Waals surface area (Å²) < 4.78 is 0. The minimum absolute atomic E-state index is 0.157. The zero-order valence-corrected chi connectivity index (χ0v) is 5.52. The van der Waals surface area contributed by atoms with Crippen molar-refractivity contribution in [3.63, 3.8) is 0 Å². The first-order valence-electron chi connectivity index (χ1n) is 2.77. The molecule has 11 heavy (non-hydrogen) atoms. The largest absolute Gasteiger partial charge is 0.384 e. The van der Waals surface area contributed by atoms with Gasteiger partial charge in [0, 0.05) is 6.07 Å². The van der Waals surface area contributed by atoms with Crippen molar-refractivity contribution in [3.8, 4) is 0 Å². The van der Waals surface area contributed by atoms with Crippen LogP contribution in [0.3, 0.4) is 0 Å². The van der Waals surface area contributed by atoms with Gasteiger partial charge in [-0.1, -0.05) is 0 Å². The Morgan fingerprint density at radius 2 is 2.09 bits per heavy atom. The second-order valence-corrected chi connectivity index (χ2v) is 1.90. The quantitative estimate of drug-likeness (QED) is 0.442. The van der Waals surface area contributed by atoms with E-state index in [9.17, 15) is 10.1 Å². The van der Waals surface area contributed by atoms with Gasteiger partial charge in [0.15, 0.2) is 0 Å². The van der Waals surface area contributed by atoms with Gasteiger partial charge in [-0.25, -0.2) is 4.98 Å². The average molecular weight is 154 g/mol. The molecule has 0 aliphatic heterocycles. The fraction of sp³-hybridized carbons (Fsp3) is 0. The maximum absolute atomic E-state index is 10.2. The molecule has 0 bridgehead atoms. The van der Waals surface area contributed by atoms with E-state index in [1.54, 1.807) is 0 Å². The SMILES string of the molecule is Nc1ccc([N+](=O)[O-])c(N)n1. The summed E-state index contributed by atoms with van der Waals surface area (Å²) in [5.74, 6) is 0.0168. The Labute approximate surface area is 62.0 Å². The fourth-order valence-electron chi connectivity index (χ4n) is 0.638. The van der Waals surface area contributed by atoms with Gasteiger partial charge in [-0.2, -0.15) is 0 Å². The van der Waals surface area contributed by atoms with Crippen LogP contribution in [-0.4, -0.2) is 9.91 Å². The number of hydrogen-bond acceptors (Lipinski definition) is 5. The molecule has 0 radical (unpaired) electrons. The van der Waals surface area contributed by atoms with E-state index in [4.69, 9.17) is 11.5 Å². The molecule has 1 heterocycles. The van der Waals surface area contributed by atoms with Crippen molar-refractivity contribution in [3.05, 3.63) is 22.2 Å². The lowest BCUT2D eigenvalue weighted by molar-refractivity contribution is -0.384. The monoisotopic (exact) mass is 154 g/mol. The highest BCUT2D eigenvalue weighted by molar-refractivity contribution is 5.55.